The Morgan fingerprint density at radius 2 is 2.04 bits per heavy atom. The molecule has 1 aliphatic heterocycles. The molecule has 1 aromatic carbocycles. The largest absolute Gasteiger partial charge is 0.390 e. The summed E-state index contributed by atoms with van der Waals surface area (Å²) in [4.78, 5) is 18.9. The third kappa shape index (κ3) is 3.75. The molecule has 1 saturated heterocycles. The topological polar surface area (TPSA) is 128 Å². The summed E-state index contributed by atoms with van der Waals surface area (Å²) < 4.78 is 1.75. The van der Waals surface area contributed by atoms with Crippen molar-refractivity contribution in [3.63, 3.8) is 0 Å². The standard InChI is InChI=1S/C18H21N5O3S/c19-8-12-16(20)21-10-23(18(12)27)15(11-4-2-1-3-5-11)17(26)22-7-6-13(24)14(25)9-22/h1-5,8,10,13-15,19,24-25H,6-7,9,20H2/t13-,14+,15?/m0/s1. The van der Waals surface area contributed by atoms with E-state index >= 15 is 0 Å². The minimum absolute atomic E-state index is 0.0382. The van der Waals surface area contributed by atoms with Crippen molar-refractivity contribution in [3.8, 4) is 0 Å². The summed E-state index contributed by atoms with van der Waals surface area (Å²) in [6, 6.07) is 8.27. The van der Waals surface area contributed by atoms with Gasteiger partial charge in [0.15, 0.2) is 0 Å². The Hall–Kier alpha value is -2.62. The molecule has 1 amide bonds. The maximum atomic E-state index is 13.3. The van der Waals surface area contributed by atoms with E-state index < -0.39 is 18.2 Å². The maximum absolute atomic E-state index is 13.3. The summed E-state index contributed by atoms with van der Waals surface area (Å²) in [5.41, 5.74) is 6.76. The molecule has 8 nitrogen and oxygen atoms in total. The number of nitrogens with one attached hydrogen (secondary N) is 1. The Balaban J connectivity index is 2.07. The summed E-state index contributed by atoms with van der Waals surface area (Å²) in [5.74, 6) is -0.146. The highest BCUT2D eigenvalue weighted by Gasteiger charge is 2.34. The number of aliphatic hydroxyl groups is 2. The minimum Gasteiger partial charge on any atom is -0.390 e. The van der Waals surface area contributed by atoms with E-state index in [9.17, 15) is 15.0 Å². The highest BCUT2D eigenvalue weighted by Crippen LogP contribution is 2.25. The van der Waals surface area contributed by atoms with Crippen LogP contribution in [0.1, 0.15) is 23.6 Å². The molecule has 27 heavy (non-hydrogen) atoms. The van der Waals surface area contributed by atoms with Crippen LogP contribution in [0.15, 0.2) is 36.7 Å². The number of piperidine rings is 1. The third-order valence-electron chi connectivity index (χ3n) is 4.69. The lowest BCUT2D eigenvalue weighted by atomic mass is 10.0. The van der Waals surface area contributed by atoms with E-state index in [0.717, 1.165) is 6.21 Å². The number of aromatic nitrogens is 2. The molecule has 1 aliphatic rings. The molecule has 0 bridgehead atoms. The lowest BCUT2D eigenvalue weighted by Gasteiger charge is -2.36. The summed E-state index contributed by atoms with van der Waals surface area (Å²) >= 11 is 5.45. The number of rotatable bonds is 4. The molecule has 1 aromatic heterocycles. The van der Waals surface area contributed by atoms with Crippen molar-refractivity contribution in [1.82, 2.24) is 14.5 Å². The lowest BCUT2D eigenvalue weighted by Crippen LogP contribution is -2.51. The van der Waals surface area contributed by atoms with Gasteiger partial charge in [0.1, 0.15) is 16.5 Å². The third-order valence-corrected chi connectivity index (χ3v) is 5.12. The van der Waals surface area contributed by atoms with E-state index in [1.807, 2.05) is 18.2 Å². The van der Waals surface area contributed by atoms with Crippen molar-refractivity contribution in [2.75, 3.05) is 18.8 Å². The summed E-state index contributed by atoms with van der Waals surface area (Å²) in [6.45, 7) is 0.365. The van der Waals surface area contributed by atoms with Crippen molar-refractivity contribution < 1.29 is 15.0 Å². The molecule has 1 fully saturated rings. The highest BCUT2D eigenvalue weighted by atomic mass is 32.1. The predicted octanol–water partition coefficient (Wildman–Crippen LogP) is 0.736. The van der Waals surface area contributed by atoms with Crippen LogP contribution in [0.5, 0.6) is 0 Å². The van der Waals surface area contributed by atoms with Gasteiger partial charge >= 0.3 is 0 Å². The molecule has 5 N–H and O–H groups in total. The van der Waals surface area contributed by atoms with E-state index in [4.69, 9.17) is 23.4 Å². The smallest absolute Gasteiger partial charge is 0.250 e. The molecule has 3 rings (SSSR count). The van der Waals surface area contributed by atoms with Gasteiger partial charge in [-0.3, -0.25) is 4.79 Å². The van der Waals surface area contributed by atoms with E-state index in [2.05, 4.69) is 4.98 Å². The predicted molar refractivity (Wildman–Crippen MR) is 103 cm³/mol. The van der Waals surface area contributed by atoms with Crippen molar-refractivity contribution in [3.05, 3.63) is 52.4 Å². The first-order valence-electron chi connectivity index (χ1n) is 8.51. The van der Waals surface area contributed by atoms with Gasteiger partial charge in [-0.25, -0.2) is 4.98 Å². The second kappa shape index (κ2) is 7.95. The molecular formula is C18H21N5O3S. The van der Waals surface area contributed by atoms with Crippen LogP contribution in [0, 0.1) is 10.0 Å². The lowest BCUT2D eigenvalue weighted by molar-refractivity contribution is -0.140. The van der Waals surface area contributed by atoms with Gasteiger partial charge in [0.2, 0.25) is 5.91 Å². The molecule has 9 heteroatoms. The van der Waals surface area contributed by atoms with Gasteiger partial charge in [0.05, 0.1) is 24.1 Å². The van der Waals surface area contributed by atoms with Crippen LogP contribution in [0.3, 0.4) is 0 Å². The molecule has 0 spiro atoms. The molecule has 0 saturated carbocycles. The average molecular weight is 387 g/mol. The van der Waals surface area contributed by atoms with Gasteiger partial charge in [-0.05, 0) is 12.0 Å². The maximum Gasteiger partial charge on any atom is 0.250 e. The zero-order chi connectivity index (χ0) is 19.6. The van der Waals surface area contributed by atoms with Gasteiger partial charge in [-0.1, -0.05) is 42.5 Å². The van der Waals surface area contributed by atoms with E-state index in [-0.39, 0.29) is 28.5 Å². The Morgan fingerprint density at radius 1 is 1.33 bits per heavy atom. The fraction of sp³-hybridized carbons (Fsp3) is 0.333. The Labute approximate surface area is 161 Å². The minimum atomic E-state index is -0.992. The van der Waals surface area contributed by atoms with Crippen LogP contribution in [0.25, 0.3) is 0 Å². The van der Waals surface area contributed by atoms with Crippen LogP contribution < -0.4 is 5.73 Å². The fourth-order valence-electron chi connectivity index (χ4n) is 3.16. The summed E-state index contributed by atoms with van der Waals surface area (Å²) in [6.07, 6.45) is 0.887. The number of carbonyl (C=O) groups is 1. The number of hydrogen-bond donors (Lipinski definition) is 4. The molecule has 1 unspecified atom stereocenters. The Bertz CT molecular complexity index is 902. The first-order chi connectivity index (χ1) is 12.9. The number of nitrogens with zero attached hydrogens (tertiary/aromatic N) is 3. The van der Waals surface area contributed by atoms with Crippen molar-refractivity contribution in [2.45, 2.75) is 24.7 Å². The van der Waals surface area contributed by atoms with E-state index in [1.165, 1.54) is 15.8 Å². The van der Waals surface area contributed by atoms with Crippen molar-refractivity contribution in [2.24, 2.45) is 0 Å². The number of likely N-dealkylation sites (tertiary alicyclic amines) is 1. The van der Waals surface area contributed by atoms with E-state index in [0.29, 0.717) is 18.5 Å². The van der Waals surface area contributed by atoms with Crippen LogP contribution in [0.2, 0.25) is 0 Å². The van der Waals surface area contributed by atoms with Gasteiger partial charge < -0.3 is 30.8 Å². The SMILES string of the molecule is N=Cc1c(N)ncn(C(C(=O)N2CC[C@H](O)[C@H](O)C2)c2ccccc2)c1=S. The number of anilines is 1. The van der Waals surface area contributed by atoms with Crippen LogP contribution in [-0.4, -0.2) is 62.1 Å². The molecule has 2 heterocycles. The number of aliphatic hydroxyl groups excluding tert-OH is 2. The summed E-state index contributed by atoms with van der Waals surface area (Å²) in [5, 5.41) is 27.2. The molecular weight excluding hydrogens is 366 g/mol. The number of carbonyl (C=O) groups excluding carboxylic acids is 1. The molecule has 0 aliphatic carbocycles. The number of benzene rings is 1. The number of amides is 1. The summed E-state index contributed by atoms with van der Waals surface area (Å²) in [7, 11) is 0. The van der Waals surface area contributed by atoms with Gasteiger partial charge in [-0.15, -0.1) is 0 Å². The number of β-amino-alcohol motifs (C(OH)–C–C–N with tert-alkyl or cyclic N) is 1. The van der Waals surface area contributed by atoms with E-state index in [1.54, 1.807) is 12.1 Å². The quantitative estimate of drug-likeness (QED) is 0.452. The molecule has 142 valence electrons. The Morgan fingerprint density at radius 3 is 2.67 bits per heavy atom. The zero-order valence-corrected chi connectivity index (χ0v) is 15.3. The highest BCUT2D eigenvalue weighted by molar-refractivity contribution is 7.71. The Kier molecular flexibility index (Phi) is 5.64. The first-order valence-corrected chi connectivity index (χ1v) is 8.91. The average Bonchev–Trinajstić information content (AvgIpc) is 2.67. The second-order valence-corrected chi connectivity index (χ2v) is 6.81. The first kappa shape index (κ1) is 19.2. The van der Waals surface area contributed by atoms with Crippen LogP contribution in [-0.2, 0) is 4.79 Å². The normalized spacial score (nSPS) is 20.9. The zero-order valence-electron chi connectivity index (χ0n) is 14.5. The number of nitrogen functional groups attached to an aromatic ring is 1. The van der Waals surface area contributed by atoms with Gasteiger partial charge in [-0.2, -0.15) is 0 Å². The monoisotopic (exact) mass is 387 g/mol. The molecule has 0 radical (unpaired) electrons. The van der Waals surface area contributed by atoms with Crippen LogP contribution >= 0.6 is 12.2 Å². The second-order valence-electron chi connectivity index (χ2n) is 6.42. The van der Waals surface area contributed by atoms with Crippen molar-refractivity contribution >= 4 is 30.2 Å². The fourth-order valence-corrected chi connectivity index (χ4v) is 3.48. The van der Waals surface area contributed by atoms with Gasteiger partial charge in [0, 0.05) is 19.3 Å². The van der Waals surface area contributed by atoms with Crippen molar-refractivity contribution in [1.29, 1.82) is 5.41 Å². The van der Waals surface area contributed by atoms with Gasteiger partial charge in [0.25, 0.3) is 0 Å². The number of nitrogens with two attached hydrogens (primary N) is 1. The molecule has 3 atom stereocenters. The molecule has 2 aromatic rings. The number of hydrogen-bond acceptors (Lipinski definition) is 7. The van der Waals surface area contributed by atoms with Crippen LogP contribution in [0.4, 0.5) is 5.82 Å².